The van der Waals surface area contributed by atoms with Crippen LogP contribution < -0.4 is 4.90 Å². The zero-order valence-corrected chi connectivity index (χ0v) is 14.4. The fourth-order valence-corrected chi connectivity index (χ4v) is 3.86. The van der Waals surface area contributed by atoms with Gasteiger partial charge in [0, 0.05) is 9.79 Å². The number of para-hydroxylation sites is 1. The quantitative estimate of drug-likeness (QED) is 0.631. The molecule has 0 radical (unpaired) electrons. The summed E-state index contributed by atoms with van der Waals surface area (Å²) in [5.74, 6) is -0.529. The molecule has 4 heteroatoms. The molecule has 3 nitrogen and oxygen atoms in total. The molecule has 1 heterocycles. The number of imide groups is 1. The Bertz CT molecular complexity index is 965. The van der Waals surface area contributed by atoms with Crippen LogP contribution in [0.5, 0.6) is 0 Å². The van der Waals surface area contributed by atoms with Gasteiger partial charge in [0.2, 0.25) is 0 Å². The van der Waals surface area contributed by atoms with Crippen LogP contribution in [0.4, 0.5) is 5.69 Å². The Kier molecular flexibility index (Phi) is 3.90. The Morgan fingerprint density at radius 2 is 1.48 bits per heavy atom. The SMILES string of the molecule is Cc1ccc(Sc2cccc3c2C(=O)N(c2ccccc2)C3=O)cc1. The van der Waals surface area contributed by atoms with Gasteiger partial charge in [-0.25, -0.2) is 4.90 Å². The summed E-state index contributed by atoms with van der Waals surface area (Å²) in [6.45, 7) is 2.04. The van der Waals surface area contributed by atoms with E-state index in [4.69, 9.17) is 0 Å². The standard InChI is InChI=1S/C21H15NO2S/c1-14-10-12-16(13-11-14)25-18-9-5-8-17-19(18)21(24)22(20(17)23)15-6-3-2-4-7-15/h2-13H,1H3. The molecule has 0 saturated carbocycles. The van der Waals surface area contributed by atoms with Crippen LogP contribution in [0.3, 0.4) is 0 Å². The van der Waals surface area contributed by atoms with Crippen molar-refractivity contribution in [2.45, 2.75) is 16.7 Å². The zero-order chi connectivity index (χ0) is 17.4. The number of carbonyl (C=O) groups is 2. The van der Waals surface area contributed by atoms with E-state index in [0.29, 0.717) is 16.8 Å². The summed E-state index contributed by atoms with van der Waals surface area (Å²) in [4.78, 5) is 28.8. The molecule has 25 heavy (non-hydrogen) atoms. The van der Waals surface area contributed by atoms with E-state index in [1.165, 1.54) is 22.2 Å². The number of hydrogen-bond acceptors (Lipinski definition) is 3. The molecule has 0 fully saturated rings. The Hall–Kier alpha value is -2.85. The van der Waals surface area contributed by atoms with Crippen LogP contribution in [0.1, 0.15) is 26.3 Å². The number of amides is 2. The van der Waals surface area contributed by atoms with Gasteiger partial charge in [0.1, 0.15) is 0 Å². The van der Waals surface area contributed by atoms with Crippen molar-refractivity contribution in [2.24, 2.45) is 0 Å². The Morgan fingerprint density at radius 1 is 0.760 bits per heavy atom. The van der Waals surface area contributed by atoms with Gasteiger partial charge < -0.3 is 0 Å². The summed E-state index contributed by atoms with van der Waals surface area (Å²) < 4.78 is 0. The number of rotatable bonds is 3. The molecule has 0 bridgehead atoms. The molecule has 0 aromatic heterocycles. The minimum absolute atomic E-state index is 0.263. The van der Waals surface area contributed by atoms with Crippen LogP contribution in [0, 0.1) is 6.92 Å². The molecule has 0 spiro atoms. The van der Waals surface area contributed by atoms with Crippen molar-refractivity contribution in [3.8, 4) is 0 Å². The molecule has 0 atom stereocenters. The van der Waals surface area contributed by atoms with E-state index < -0.39 is 0 Å². The molecule has 0 unspecified atom stereocenters. The summed E-state index contributed by atoms with van der Waals surface area (Å²) in [6, 6.07) is 22.6. The first-order valence-corrected chi connectivity index (χ1v) is 8.78. The molecule has 0 aliphatic carbocycles. The number of aryl methyl sites for hydroxylation is 1. The van der Waals surface area contributed by atoms with Crippen LogP contribution in [0.25, 0.3) is 0 Å². The molecule has 3 aromatic rings. The van der Waals surface area contributed by atoms with Crippen molar-refractivity contribution in [1.29, 1.82) is 0 Å². The minimum atomic E-state index is -0.266. The third-order valence-corrected chi connectivity index (χ3v) is 5.21. The minimum Gasteiger partial charge on any atom is -0.268 e. The third-order valence-electron chi connectivity index (χ3n) is 4.14. The zero-order valence-electron chi connectivity index (χ0n) is 13.6. The van der Waals surface area contributed by atoms with Gasteiger partial charge in [0.15, 0.2) is 0 Å². The van der Waals surface area contributed by atoms with Gasteiger partial charge in [0.25, 0.3) is 11.8 Å². The number of benzene rings is 3. The van der Waals surface area contributed by atoms with Gasteiger partial charge in [-0.15, -0.1) is 0 Å². The maximum absolute atomic E-state index is 13.0. The number of carbonyl (C=O) groups excluding carboxylic acids is 2. The van der Waals surface area contributed by atoms with Crippen LogP contribution in [0.2, 0.25) is 0 Å². The first-order valence-electron chi connectivity index (χ1n) is 7.96. The summed E-state index contributed by atoms with van der Waals surface area (Å²) >= 11 is 1.50. The molecule has 1 aliphatic heterocycles. The summed E-state index contributed by atoms with van der Waals surface area (Å²) in [7, 11) is 0. The average Bonchev–Trinajstić information content (AvgIpc) is 2.89. The molecule has 0 N–H and O–H groups in total. The number of hydrogen-bond donors (Lipinski definition) is 0. The highest BCUT2D eigenvalue weighted by Gasteiger charge is 2.38. The monoisotopic (exact) mass is 345 g/mol. The van der Waals surface area contributed by atoms with Gasteiger partial charge in [-0.05, 0) is 43.3 Å². The summed E-state index contributed by atoms with van der Waals surface area (Å²) in [5.41, 5.74) is 2.73. The van der Waals surface area contributed by atoms with Gasteiger partial charge in [0.05, 0.1) is 16.8 Å². The highest BCUT2D eigenvalue weighted by molar-refractivity contribution is 7.99. The predicted molar refractivity (Wildman–Crippen MR) is 99.3 cm³/mol. The van der Waals surface area contributed by atoms with Crippen LogP contribution in [-0.4, -0.2) is 11.8 Å². The van der Waals surface area contributed by atoms with Crippen molar-refractivity contribution in [3.05, 3.63) is 89.5 Å². The van der Waals surface area contributed by atoms with Crippen LogP contribution in [-0.2, 0) is 0 Å². The maximum Gasteiger partial charge on any atom is 0.267 e. The predicted octanol–water partition coefficient (Wildman–Crippen LogP) is 4.95. The van der Waals surface area contributed by atoms with Crippen LogP contribution >= 0.6 is 11.8 Å². The lowest BCUT2D eigenvalue weighted by Gasteiger charge is -2.13. The van der Waals surface area contributed by atoms with Crippen LogP contribution in [0.15, 0.2) is 82.6 Å². The topological polar surface area (TPSA) is 37.4 Å². The largest absolute Gasteiger partial charge is 0.268 e. The maximum atomic E-state index is 13.0. The van der Waals surface area contributed by atoms with E-state index in [9.17, 15) is 9.59 Å². The van der Waals surface area contributed by atoms with Crippen molar-refractivity contribution >= 4 is 29.3 Å². The van der Waals surface area contributed by atoms with Gasteiger partial charge in [-0.2, -0.15) is 0 Å². The van der Waals surface area contributed by atoms with E-state index in [1.807, 2.05) is 61.5 Å². The second-order valence-corrected chi connectivity index (χ2v) is 6.99. The van der Waals surface area contributed by atoms with Crippen molar-refractivity contribution < 1.29 is 9.59 Å². The number of fused-ring (bicyclic) bond motifs is 1. The Morgan fingerprint density at radius 3 is 2.20 bits per heavy atom. The van der Waals surface area contributed by atoms with E-state index in [1.54, 1.807) is 18.2 Å². The van der Waals surface area contributed by atoms with Crippen molar-refractivity contribution in [1.82, 2.24) is 0 Å². The van der Waals surface area contributed by atoms with Gasteiger partial charge in [-0.3, -0.25) is 9.59 Å². The normalized spacial score (nSPS) is 13.2. The van der Waals surface area contributed by atoms with E-state index >= 15 is 0 Å². The lowest BCUT2D eigenvalue weighted by Crippen LogP contribution is -2.29. The van der Waals surface area contributed by atoms with Crippen molar-refractivity contribution in [2.75, 3.05) is 4.90 Å². The lowest BCUT2D eigenvalue weighted by atomic mass is 10.1. The number of anilines is 1. The molecule has 2 amide bonds. The first-order chi connectivity index (χ1) is 12.1. The molecule has 1 aliphatic rings. The Labute approximate surface area is 150 Å². The van der Waals surface area contributed by atoms with E-state index in [0.717, 1.165) is 9.79 Å². The summed E-state index contributed by atoms with van der Waals surface area (Å²) in [6.07, 6.45) is 0. The van der Waals surface area contributed by atoms with Crippen molar-refractivity contribution in [3.63, 3.8) is 0 Å². The smallest absolute Gasteiger partial charge is 0.267 e. The molecule has 0 saturated heterocycles. The fourth-order valence-electron chi connectivity index (χ4n) is 2.88. The first kappa shape index (κ1) is 15.7. The highest BCUT2D eigenvalue weighted by Crippen LogP contribution is 2.37. The lowest BCUT2D eigenvalue weighted by molar-refractivity contribution is 0.0925. The van der Waals surface area contributed by atoms with Gasteiger partial charge in [-0.1, -0.05) is 53.7 Å². The summed E-state index contributed by atoms with van der Waals surface area (Å²) in [5, 5.41) is 0. The molecular weight excluding hydrogens is 330 g/mol. The fraction of sp³-hybridized carbons (Fsp3) is 0.0476. The average molecular weight is 345 g/mol. The Balaban J connectivity index is 1.75. The third kappa shape index (κ3) is 2.75. The molecule has 3 aromatic carbocycles. The molecular formula is C21H15NO2S. The van der Waals surface area contributed by atoms with E-state index in [-0.39, 0.29) is 11.8 Å². The second-order valence-electron chi connectivity index (χ2n) is 5.88. The molecule has 122 valence electrons. The molecule has 4 rings (SSSR count). The van der Waals surface area contributed by atoms with Gasteiger partial charge >= 0.3 is 0 Å². The number of nitrogens with zero attached hydrogens (tertiary/aromatic N) is 1. The highest BCUT2D eigenvalue weighted by atomic mass is 32.2. The van der Waals surface area contributed by atoms with E-state index in [2.05, 4.69) is 0 Å². The second kappa shape index (κ2) is 6.22.